The largest absolute Gasteiger partial charge is 0.489 e. The lowest BCUT2D eigenvalue weighted by Gasteiger charge is -2.07. The minimum Gasteiger partial charge on any atom is -0.489 e. The Morgan fingerprint density at radius 3 is 2.50 bits per heavy atom. The predicted molar refractivity (Wildman–Crippen MR) is 77.1 cm³/mol. The van der Waals surface area contributed by atoms with Crippen LogP contribution in [-0.2, 0) is 11.4 Å². The van der Waals surface area contributed by atoms with Crippen molar-refractivity contribution in [3.8, 4) is 5.75 Å². The van der Waals surface area contributed by atoms with Gasteiger partial charge in [0.15, 0.2) is 0 Å². The molecule has 0 aliphatic rings. The molecule has 0 radical (unpaired) electrons. The summed E-state index contributed by atoms with van der Waals surface area (Å²) in [4.78, 5) is 22.0. The lowest BCUT2D eigenvalue weighted by molar-refractivity contribution is -0.135. The summed E-state index contributed by atoms with van der Waals surface area (Å²) in [6.07, 6.45) is 0. The molecule has 0 aromatic heterocycles. The Morgan fingerprint density at radius 1 is 1.14 bits per heavy atom. The van der Waals surface area contributed by atoms with E-state index in [1.54, 1.807) is 24.3 Å². The van der Waals surface area contributed by atoms with Crippen LogP contribution in [0.15, 0.2) is 48.5 Å². The van der Waals surface area contributed by atoms with Crippen LogP contribution in [0.3, 0.4) is 0 Å². The Balaban J connectivity index is 1.91. The van der Waals surface area contributed by atoms with Crippen molar-refractivity contribution in [3.63, 3.8) is 0 Å². The summed E-state index contributed by atoms with van der Waals surface area (Å²) in [5.41, 5.74) is 1.03. The van der Waals surface area contributed by atoms with E-state index in [0.29, 0.717) is 16.9 Å². The Bertz CT molecular complexity index is 670. The number of carboxylic acid groups (broad SMARTS) is 1. The molecule has 2 N–H and O–H groups in total. The van der Waals surface area contributed by atoms with Gasteiger partial charge in [-0.2, -0.15) is 0 Å². The number of hydrogen-bond acceptors (Lipinski definition) is 3. The fraction of sp³-hybridized carbons (Fsp3) is 0.125. The maximum atomic E-state index is 13.0. The topological polar surface area (TPSA) is 75.6 Å². The van der Waals surface area contributed by atoms with Crippen LogP contribution in [0.25, 0.3) is 0 Å². The van der Waals surface area contributed by atoms with Crippen molar-refractivity contribution in [1.29, 1.82) is 0 Å². The van der Waals surface area contributed by atoms with Gasteiger partial charge >= 0.3 is 5.97 Å². The molecule has 2 rings (SSSR count). The van der Waals surface area contributed by atoms with E-state index in [2.05, 4.69) is 5.32 Å². The molecule has 0 unspecified atom stereocenters. The summed E-state index contributed by atoms with van der Waals surface area (Å²) in [6, 6.07) is 12.3. The lowest BCUT2D eigenvalue weighted by Crippen LogP contribution is -2.29. The van der Waals surface area contributed by atoms with Crippen LogP contribution >= 0.6 is 0 Å². The van der Waals surface area contributed by atoms with Crippen LogP contribution in [0.2, 0.25) is 0 Å². The third kappa shape index (κ3) is 4.59. The van der Waals surface area contributed by atoms with Crippen LogP contribution in [0.4, 0.5) is 4.39 Å². The zero-order chi connectivity index (χ0) is 15.9. The molecular weight excluding hydrogens is 289 g/mol. The Hall–Kier alpha value is -2.89. The predicted octanol–water partition coefficient (Wildman–Crippen LogP) is 2.22. The van der Waals surface area contributed by atoms with E-state index in [0.717, 1.165) is 0 Å². The minimum atomic E-state index is -1.11. The van der Waals surface area contributed by atoms with E-state index < -0.39 is 18.4 Å². The SMILES string of the molecule is O=C(O)CNC(=O)c1ccc(OCc2cccc(F)c2)cc1. The number of carbonyl (C=O) groups excluding carboxylic acids is 1. The van der Waals surface area contributed by atoms with Crippen LogP contribution < -0.4 is 10.1 Å². The summed E-state index contributed by atoms with van der Waals surface area (Å²) in [7, 11) is 0. The molecule has 22 heavy (non-hydrogen) atoms. The summed E-state index contributed by atoms with van der Waals surface area (Å²) >= 11 is 0. The maximum Gasteiger partial charge on any atom is 0.322 e. The van der Waals surface area contributed by atoms with Crippen molar-refractivity contribution >= 4 is 11.9 Å². The highest BCUT2D eigenvalue weighted by Gasteiger charge is 2.07. The third-order valence-corrected chi connectivity index (χ3v) is 2.81. The number of hydrogen-bond donors (Lipinski definition) is 2. The van der Waals surface area contributed by atoms with Gasteiger partial charge in [-0.15, -0.1) is 0 Å². The highest BCUT2D eigenvalue weighted by Crippen LogP contribution is 2.14. The molecule has 0 atom stereocenters. The minimum absolute atomic E-state index is 0.211. The van der Waals surface area contributed by atoms with Crippen LogP contribution in [0.5, 0.6) is 5.75 Å². The van der Waals surface area contributed by atoms with E-state index in [1.165, 1.54) is 24.3 Å². The van der Waals surface area contributed by atoms with Gasteiger partial charge in [0.1, 0.15) is 24.7 Å². The number of halogens is 1. The number of nitrogens with one attached hydrogen (secondary N) is 1. The molecule has 0 saturated heterocycles. The molecule has 0 aliphatic carbocycles. The van der Waals surface area contributed by atoms with Gasteiger partial charge in [0, 0.05) is 5.56 Å². The highest BCUT2D eigenvalue weighted by atomic mass is 19.1. The average Bonchev–Trinajstić information content (AvgIpc) is 2.51. The van der Waals surface area contributed by atoms with E-state index in [4.69, 9.17) is 9.84 Å². The molecule has 114 valence electrons. The number of aliphatic carboxylic acids is 1. The molecule has 0 fully saturated rings. The van der Waals surface area contributed by atoms with Crippen molar-refractivity contribution in [2.45, 2.75) is 6.61 Å². The molecule has 6 heteroatoms. The molecule has 0 bridgehead atoms. The van der Waals surface area contributed by atoms with Crippen molar-refractivity contribution in [2.75, 3.05) is 6.54 Å². The third-order valence-electron chi connectivity index (χ3n) is 2.81. The van der Waals surface area contributed by atoms with Gasteiger partial charge in [0.2, 0.25) is 0 Å². The van der Waals surface area contributed by atoms with Crippen molar-refractivity contribution in [1.82, 2.24) is 5.32 Å². The summed E-state index contributed by atoms with van der Waals surface area (Å²) in [5, 5.41) is 10.8. The number of carbonyl (C=O) groups is 2. The Kier molecular flexibility index (Phi) is 5.08. The molecule has 2 aromatic carbocycles. The quantitative estimate of drug-likeness (QED) is 0.858. The van der Waals surface area contributed by atoms with Gasteiger partial charge in [0.05, 0.1) is 0 Å². The van der Waals surface area contributed by atoms with Gasteiger partial charge < -0.3 is 15.2 Å². The first-order valence-electron chi connectivity index (χ1n) is 6.52. The molecule has 0 heterocycles. The number of amides is 1. The molecule has 0 aliphatic heterocycles. The average molecular weight is 303 g/mol. The van der Waals surface area contributed by atoms with E-state index in [1.807, 2.05) is 0 Å². The monoisotopic (exact) mass is 303 g/mol. The van der Waals surface area contributed by atoms with Crippen molar-refractivity contribution < 1.29 is 23.8 Å². The first-order valence-corrected chi connectivity index (χ1v) is 6.52. The lowest BCUT2D eigenvalue weighted by atomic mass is 10.2. The number of ether oxygens (including phenoxy) is 1. The zero-order valence-corrected chi connectivity index (χ0v) is 11.6. The van der Waals surface area contributed by atoms with Gasteiger partial charge in [-0.25, -0.2) is 4.39 Å². The van der Waals surface area contributed by atoms with Crippen molar-refractivity contribution in [2.24, 2.45) is 0 Å². The molecule has 0 spiro atoms. The summed E-state index contributed by atoms with van der Waals surface area (Å²) in [6.45, 7) is -0.223. The standard InChI is InChI=1S/C16H14FNO4/c17-13-3-1-2-11(8-13)10-22-14-6-4-12(5-7-14)16(21)18-9-15(19)20/h1-8H,9-10H2,(H,18,21)(H,19,20). The van der Waals surface area contributed by atoms with Crippen molar-refractivity contribution in [3.05, 3.63) is 65.5 Å². The van der Waals surface area contributed by atoms with Crippen LogP contribution in [0, 0.1) is 5.82 Å². The molecule has 2 aromatic rings. The second kappa shape index (κ2) is 7.21. The number of rotatable bonds is 6. The van der Waals surface area contributed by atoms with Crippen LogP contribution in [0.1, 0.15) is 15.9 Å². The second-order valence-corrected chi connectivity index (χ2v) is 4.52. The van der Waals surface area contributed by atoms with E-state index in [-0.39, 0.29) is 12.4 Å². The fourth-order valence-corrected chi connectivity index (χ4v) is 1.75. The first-order chi connectivity index (χ1) is 10.5. The zero-order valence-electron chi connectivity index (χ0n) is 11.6. The molecule has 0 saturated carbocycles. The smallest absolute Gasteiger partial charge is 0.322 e. The fourth-order valence-electron chi connectivity index (χ4n) is 1.75. The normalized spacial score (nSPS) is 10.0. The van der Waals surface area contributed by atoms with Crippen LogP contribution in [-0.4, -0.2) is 23.5 Å². The molecule has 1 amide bonds. The number of carboxylic acids is 1. The first kappa shape index (κ1) is 15.5. The van der Waals surface area contributed by atoms with E-state index in [9.17, 15) is 14.0 Å². The highest BCUT2D eigenvalue weighted by molar-refractivity contribution is 5.95. The van der Waals surface area contributed by atoms with Gasteiger partial charge in [-0.1, -0.05) is 12.1 Å². The maximum absolute atomic E-state index is 13.0. The molecule has 5 nitrogen and oxygen atoms in total. The van der Waals surface area contributed by atoms with Gasteiger partial charge in [-0.05, 0) is 42.0 Å². The van der Waals surface area contributed by atoms with E-state index >= 15 is 0 Å². The number of benzene rings is 2. The summed E-state index contributed by atoms with van der Waals surface area (Å²) < 4.78 is 18.5. The Morgan fingerprint density at radius 2 is 1.86 bits per heavy atom. The Labute approximate surface area is 126 Å². The molecular formula is C16H14FNO4. The summed E-state index contributed by atoms with van der Waals surface area (Å²) in [5.74, 6) is -1.38. The second-order valence-electron chi connectivity index (χ2n) is 4.52. The van der Waals surface area contributed by atoms with Gasteiger partial charge in [0.25, 0.3) is 5.91 Å². The van der Waals surface area contributed by atoms with Gasteiger partial charge in [-0.3, -0.25) is 9.59 Å².